The zero-order valence-corrected chi connectivity index (χ0v) is 9.11. The van der Waals surface area contributed by atoms with Crippen LogP contribution in [0.2, 0.25) is 0 Å². The lowest BCUT2D eigenvalue weighted by Crippen LogP contribution is -2.49. The van der Waals surface area contributed by atoms with Crippen LogP contribution < -0.4 is 0 Å². The Morgan fingerprint density at radius 2 is 2.31 bits per heavy atom. The maximum Gasteiger partial charge on any atom is 0.319 e. The van der Waals surface area contributed by atoms with Crippen LogP contribution in [0.15, 0.2) is 0 Å². The molecule has 0 aromatic carbocycles. The molecule has 90 valence electrons. The lowest BCUT2D eigenvalue weighted by molar-refractivity contribution is -0.167. The average molecular weight is 228 g/mol. The van der Waals surface area contributed by atoms with Gasteiger partial charge >= 0.3 is 5.97 Å². The third kappa shape index (κ3) is 1.97. The largest absolute Gasteiger partial charge is 0.480 e. The number of ether oxygens (including phenoxy) is 2. The summed E-state index contributed by atoms with van der Waals surface area (Å²) in [6.07, 6.45) is 2.11. The average Bonchev–Trinajstić information content (AvgIpc) is 2.74. The molecule has 2 heterocycles. The normalized spacial score (nSPS) is 35.2. The minimum atomic E-state index is -1.37. The van der Waals surface area contributed by atoms with Crippen LogP contribution in [-0.2, 0) is 19.1 Å². The third-order valence-electron chi connectivity index (χ3n) is 3.37. The summed E-state index contributed by atoms with van der Waals surface area (Å²) < 4.78 is 10.6. The topological polar surface area (TPSA) is 72.8 Å². The van der Waals surface area contributed by atoms with Crippen LogP contribution in [0.25, 0.3) is 0 Å². The minimum absolute atomic E-state index is 0.0129. The highest BCUT2D eigenvalue weighted by Gasteiger charge is 2.49. The predicted molar refractivity (Wildman–Crippen MR) is 54.1 cm³/mol. The molecule has 5 nitrogen and oxygen atoms in total. The minimum Gasteiger partial charge on any atom is -0.480 e. The lowest BCUT2D eigenvalue weighted by atomic mass is 9.76. The Morgan fingerprint density at radius 1 is 1.50 bits per heavy atom. The van der Waals surface area contributed by atoms with Gasteiger partial charge in [0.25, 0.3) is 0 Å². The van der Waals surface area contributed by atoms with E-state index in [1.54, 1.807) is 0 Å². The van der Waals surface area contributed by atoms with E-state index in [0.29, 0.717) is 13.2 Å². The van der Waals surface area contributed by atoms with Gasteiger partial charge < -0.3 is 14.6 Å². The quantitative estimate of drug-likeness (QED) is 0.717. The number of hydrogen-bond donors (Lipinski definition) is 1. The van der Waals surface area contributed by atoms with E-state index < -0.39 is 11.4 Å². The van der Waals surface area contributed by atoms with E-state index in [1.165, 1.54) is 0 Å². The van der Waals surface area contributed by atoms with Crippen LogP contribution in [0.3, 0.4) is 0 Å². The number of rotatable bonds is 3. The van der Waals surface area contributed by atoms with Crippen LogP contribution in [0.1, 0.15) is 25.7 Å². The van der Waals surface area contributed by atoms with Crippen molar-refractivity contribution in [2.24, 2.45) is 5.41 Å². The first-order valence-electron chi connectivity index (χ1n) is 5.61. The Balaban J connectivity index is 2.13. The number of aliphatic carboxylic acids is 1. The van der Waals surface area contributed by atoms with E-state index in [2.05, 4.69) is 0 Å². The first-order valence-corrected chi connectivity index (χ1v) is 5.61. The van der Waals surface area contributed by atoms with Crippen LogP contribution >= 0.6 is 0 Å². The molecule has 5 heteroatoms. The third-order valence-corrected chi connectivity index (χ3v) is 3.37. The number of carboxylic acids is 1. The molecule has 2 aliphatic heterocycles. The van der Waals surface area contributed by atoms with Gasteiger partial charge in [-0.25, -0.2) is 0 Å². The Kier molecular flexibility index (Phi) is 3.25. The van der Waals surface area contributed by atoms with Crippen molar-refractivity contribution in [3.8, 4) is 0 Å². The van der Waals surface area contributed by atoms with Gasteiger partial charge in [-0.2, -0.15) is 0 Å². The van der Waals surface area contributed by atoms with Gasteiger partial charge in [0.2, 0.25) is 0 Å². The second-order valence-electron chi connectivity index (χ2n) is 4.45. The van der Waals surface area contributed by atoms with E-state index >= 15 is 0 Å². The summed E-state index contributed by atoms with van der Waals surface area (Å²) in [7, 11) is 0. The highest BCUT2D eigenvalue weighted by Crippen LogP contribution is 2.34. The summed E-state index contributed by atoms with van der Waals surface area (Å²) in [6, 6.07) is 0. The van der Waals surface area contributed by atoms with Crippen LogP contribution in [-0.4, -0.2) is 42.8 Å². The molecule has 0 aliphatic carbocycles. The first-order chi connectivity index (χ1) is 7.65. The molecule has 2 rings (SSSR count). The van der Waals surface area contributed by atoms with Crippen molar-refractivity contribution in [3.05, 3.63) is 0 Å². The maximum absolute atomic E-state index is 11.8. The van der Waals surface area contributed by atoms with Gasteiger partial charge in [0.05, 0.1) is 19.3 Å². The first kappa shape index (κ1) is 11.5. The Hall–Kier alpha value is -0.940. The highest BCUT2D eigenvalue weighted by molar-refractivity contribution is 6.03. The molecule has 0 aromatic heterocycles. The van der Waals surface area contributed by atoms with Crippen molar-refractivity contribution in [2.45, 2.75) is 31.8 Å². The van der Waals surface area contributed by atoms with E-state index in [4.69, 9.17) is 9.47 Å². The summed E-state index contributed by atoms with van der Waals surface area (Å²) in [6.45, 7) is 0.982. The Morgan fingerprint density at radius 3 is 2.88 bits per heavy atom. The molecule has 1 N–H and O–H groups in total. The fraction of sp³-hybridized carbons (Fsp3) is 0.818. The highest BCUT2D eigenvalue weighted by atomic mass is 16.5. The summed E-state index contributed by atoms with van der Waals surface area (Å²) in [5.41, 5.74) is -1.37. The number of hydrogen-bond acceptors (Lipinski definition) is 4. The summed E-state index contributed by atoms with van der Waals surface area (Å²) in [4.78, 5) is 23.1. The molecule has 2 aliphatic rings. The van der Waals surface area contributed by atoms with Gasteiger partial charge in [0.15, 0.2) is 11.2 Å². The molecule has 0 bridgehead atoms. The second kappa shape index (κ2) is 4.51. The van der Waals surface area contributed by atoms with Gasteiger partial charge in [0, 0.05) is 13.0 Å². The number of Topliss-reactive ketones (excluding diaryl/α,β-unsaturated/α-hetero) is 1. The molecule has 2 saturated heterocycles. The Labute approximate surface area is 93.7 Å². The number of carbonyl (C=O) groups is 2. The standard InChI is InChI=1S/C11H16O5/c12-9-3-5-15-7-11(9,10(13)14)6-8-2-1-4-16-8/h8H,1-7H2,(H,13,14). The van der Waals surface area contributed by atoms with Gasteiger partial charge in [-0.3, -0.25) is 9.59 Å². The van der Waals surface area contributed by atoms with Crippen molar-refractivity contribution < 1.29 is 24.2 Å². The molecule has 0 radical (unpaired) electrons. The summed E-state index contributed by atoms with van der Waals surface area (Å²) in [5, 5.41) is 9.26. The molecule has 16 heavy (non-hydrogen) atoms. The molecule has 0 spiro atoms. The van der Waals surface area contributed by atoms with E-state index in [1.807, 2.05) is 0 Å². The number of carboxylic acid groups (broad SMARTS) is 1. The van der Waals surface area contributed by atoms with E-state index in [9.17, 15) is 14.7 Å². The predicted octanol–water partition coefficient (Wildman–Crippen LogP) is 0.616. The number of ketones is 1. The zero-order chi connectivity index (χ0) is 11.6. The molecule has 0 aromatic rings. The SMILES string of the molecule is O=C(O)C1(CC2CCCO2)COCCC1=O. The fourth-order valence-electron chi connectivity index (χ4n) is 2.37. The van der Waals surface area contributed by atoms with Crippen LogP contribution in [0.5, 0.6) is 0 Å². The van der Waals surface area contributed by atoms with Gasteiger partial charge in [-0.05, 0) is 19.3 Å². The van der Waals surface area contributed by atoms with Crippen molar-refractivity contribution in [3.63, 3.8) is 0 Å². The van der Waals surface area contributed by atoms with Crippen molar-refractivity contribution in [2.75, 3.05) is 19.8 Å². The zero-order valence-electron chi connectivity index (χ0n) is 9.11. The molecule has 0 amide bonds. The molecule has 0 saturated carbocycles. The summed E-state index contributed by atoms with van der Waals surface area (Å²) >= 11 is 0. The molecule has 2 fully saturated rings. The smallest absolute Gasteiger partial charge is 0.319 e. The molecule has 2 unspecified atom stereocenters. The van der Waals surface area contributed by atoms with Crippen LogP contribution in [0, 0.1) is 5.41 Å². The van der Waals surface area contributed by atoms with Gasteiger partial charge in [0.1, 0.15) is 0 Å². The van der Waals surface area contributed by atoms with E-state index in [0.717, 1.165) is 12.8 Å². The summed E-state index contributed by atoms with van der Waals surface area (Å²) in [5.74, 6) is -1.30. The number of carbonyl (C=O) groups excluding carboxylic acids is 1. The van der Waals surface area contributed by atoms with Gasteiger partial charge in [-0.15, -0.1) is 0 Å². The maximum atomic E-state index is 11.8. The molecular weight excluding hydrogens is 212 g/mol. The lowest BCUT2D eigenvalue weighted by Gasteiger charge is -2.33. The molecular formula is C11H16O5. The molecule has 2 atom stereocenters. The van der Waals surface area contributed by atoms with Crippen LogP contribution in [0.4, 0.5) is 0 Å². The van der Waals surface area contributed by atoms with E-state index in [-0.39, 0.29) is 31.3 Å². The van der Waals surface area contributed by atoms with Gasteiger partial charge in [-0.1, -0.05) is 0 Å². The van der Waals surface area contributed by atoms with Crippen molar-refractivity contribution in [1.82, 2.24) is 0 Å². The van der Waals surface area contributed by atoms with Crippen molar-refractivity contribution in [1.29, 1.82) is 0 Å². The second-order valence-corrected chi connectivity index (χ2v) is 4.45. The Bertz CT molecular complexity index is 295. The van der Waals surface area contributed by atoms with Crippen molar-refractivity contribution >= 4 is 11.8 Å². The monoisotopic (exact) mass is 228 g/mol. The fourth-order valence-corrected chi connectivity index (χ4v) is 2.37.